The summed E-state index contributed by atoms with van der Waals surface area (Å²) in [6.45, 7) is 6.78. The van der Waals surface area contributed by atoms with Crippen molar-refractivity contribution >= 4 is 21.6 Å². The number of amides is 2. The van der Waals surface area contributed by atoms with Gasteiger partial charge in [0.25, 0.3) is 0 Å². The molecule has 1 aromatic carbocycles. The van der Waals surface area contributed by atoms with Gasteiger partial charge >= 0.3 is 6.03 Å². The number of urea groups is 1. The van der Waals surface area contributed by atoms with Gasteiger partial charge in [0.2, 0.25) is 5.44 Å². The van der Waals surface area contributed by atoms with Gasteiger partial charge < -0.3 is 15.2 Å². The van der Waals surface area contributed by atoms with Crippen LogP contribution >= 0.6 is 0 Å². The first-order valence-electron chi connectivity index (χ1n) is 10.6. The highest BCUT2D eigenvalue weighted by Gasteiger charge is 2.43. The molecule has 1 aliphatic heterocycles. The Kier molecular flexibility index (Phi) is 5.23. The fraction of sp³-hybridized carbons (Fsp3) is 0.591. The molecule has 3 atom stereocenters. The first-order valence-corrected chi connectivity index (χ1v) is 12.2. The van der Waals surface area contributed by atoms with Gasteiger partial charge in [0, 0.05) is 17.2 Å². The van der Waals surface area contributed by atoms with Gasteiger partial charge in [0.1, 0.15) is 0 Å². The van der Waals surface area contributed by atoms with Crippen LogP contribution in [0.5, 0.6) is 0 Å². The standard InChI is InChI=1S/C22H31N3O4S/c1-12-18(22(3,4)27)13(2)29-20(12)30(23,28)25-21(26)24-19-16-9-5-7-14(16)11-15-8-6-10-17(15)19/h11-12,20,27H,5-10H2,1-4H3,(H3,23,24,25,26,28). The number of rotatable bonds is 3. The van der Waals surface area contributed by atoms with Crippen LogP contribution in [0.2, 0.25) is 0 Å². The molecule has 0 radical (unpaired) electrons. The van der Waals surface area contributed by atoms with E-state index >= 15 is 0 Å². The second-order valence-corrected chi connectivity index (χ2v) is 11.0. The highest BCUT2D eigenvalue weighted by molar-refractivity contribution is 7.92. The molecule has 8 heteroatoms. The zero-order chi connectivity index (χ0) is 21.8. The Morgan fingerprint density at radius 3 is 2.30 bits per heavy atom. The number of aliphatic hydroxyl groups is 1. The lowest BCUT2D eigenvalue weighted by molar-refractivity contribution is 0.109. The van der Waals surface area contributed by atoms with E-state index in [2.05, 4.69) is 15.7 Å². The third-order valence-corrected chi connectivity index (χ3v) is 8.08. The van der Waals surface area contributed by atoms with Crippen molar-refractivity contribution in [2.75, 3.05) is 5.32 Å². The fourth-order valence-corrected chi connectivity index (χ4v) is 6.84. The van der Waals surface area contributed by atoms with Crippen LogP contribution in [-0.4, -0.2) is 26.4 Å². The molecule has 1 aromatic rings. The summed E-state index contributed by atoms with van der Waals surface area (Å²) >= 11 is 0. The zero-order valence-corrected chi connectivity index (χ0v) is 18.9. The van der Waals surface area contributed by atoms with E-state index < -0.39 is 32.9 Å². The van der Waals surface area contributed by atoms with Crippen LogP contribution in [0.25, 0.3) is 0 Å². The Balaban J connectivity index is 1.61. The van der Waals surface area contributed by atoms with Crippen molar-refractivity contribution < 1.29 is 18.8 Å². The summed E-state index contributed by atoms with van der Waals surface area (Å²) in [4.78, 5) is 12.8. The van der Waals surface area contributed by atoms with Crippen LogP contribution in [0.1, 0.15) is 62.8 Å². The highest BCUT2D eigenvalue weighted by Crippen LogP contribution is 2.40. The third-order valence-electron chi connectivity index (χ3n) is 6.46. The minimum absolute atomic E-state index is 0.427. The number of benzene rings is 1. The highest BCUT2D eigenvalue weighted by atomic mass is 32.2. The molecule has 0 fully saturated rings. The number of hydrogen-bond acceptors (Lipinski definition) is 4. The predicted octanol–water partition coefficient (Wildman–Crippen LogP) is 3.57. The number of anilines is 1. The molecular formula is C22H31N3O4S. The Morgan fingerprint density at radius 2 is 1.80 bits per heavy atom. The molecule has 2 aliphatic carbocycles. The topological polar surface area (TPSA) is 114 Å². The SMILES string of the molecule is CC1=C(C(C)(C)O)C(C)C(S(N)(=O)=NC(=O)Nc2c3c(cc4c2CCC4)CCC3)O1. The number of nitrogens with one attached hydrogen (secondary N) is 1. The van der Waals surface area contributed by atoms with E-state index in [1.54, 1.807) is 27.7 Å². The Bertz CT molecular complexity index is 1030. The number of hydrogen-bond donors (Lipinski definition) is 3. The van der Waals surface area contributed by atoms with Crippen molar-refractivity contribution in [2.45, 2.75) is 77.3 Å². The number of carbonyl (C=O) groups is 1. The first kappa shape index (κ1) is 21.3. The summed E-state index contributed by atoms with van der Waals surface area (Å²) in [5.74, 6) is 0.0525. The van der Waals surface area contributed by atoms with Crippen LogP contribution in [0.4, 0.5) is 10.5 Å². The van der Waals surface area contributed by atoms with E-state index in [4.69, 9.17) is 9.88 Å². The van der Waals surface area contributed by atoms with Crippen molar-refractivity contribution in [1.29, 1.82) is 0 Å². The fourth-order valence-electron chi connectivity index (χ4n) is 5.42. The van der Waals surface area contributed by atoms with Gasteiger partial charge in [0.15, 0.2) is 9.92 Å². The monoisotopic (exact) mass is 433 g/mol. The first-order chi connectivity index (χ1) is 14.0. The Labute approximate surface area is 178 Å². The maximum Gasteiger partial charge on any atom is 0.354 e. The van der Waals surface area contributed by atoms with Gasteiger partial charge in [-0.2, -0.15) is 0 Å². The third kappa shape index (κ3) is 3.65. The summed E-state index contributed by atoms with van der Waals surface area (Å²) < 4.78 is 22.8. The molecular weight excluding hydrogens is 402 g/mol. The van der Waals surface area contributed by atoms with Crippen molar-refractivity contribution in [3.63, 3.8) is 0 Å². The zero-order valence-electron chi connectivity index (χ0n) is 18.1. The molecule has 3 aliphatic rings. The summed E-state index contributed by atoms with van der Waals surface area (Å²) in [5, 5.41) is 19.4. The molecule has 7 nitrogen and oxygen atoms in total. The van der Waals surface area contributed by atoms with Gasteiger partial charge in [0.05, 0.1) is 11.4 Å². The largest absolute Gasteiger partial charge is 0.479 e. The number of carbonyl (C=O) groups excluding carboxylic acids is 1. The van der Waals surface area contributed by atoms with Crippen molar-refractivity contribution in [1.82, 2.24) is 0 Å². The molecule has 30 heavy (non-hydrogen) atoms. The Hall–Kier alpha value is -1.90. The van der Waals surface area contributed by atoms with Gasteiger partial charge in [-0.15, -0.1) is 4.36 Å². The normalized spacial score (nSPS) is 24.9. The van der Waals surface area contributed by atoms with Crippen molar-refractivity contribution in [3.05, 3.63) is 39.7 Å². The van der Waals surface area contributed by atoms with Crippen LogP contribution in [0.3, 0.4) is 0 Å². The van der Waals surface area contributed by atoms with Crippen LogP contribution in [0, 0.1) is 5.92 Å². The quantitative estimate of drug-likeness (QED) is 0.676. The molecule has 0 spiro atoms. The number of aryl methyl sites for hydroxylation is 2. The maximum atomic E-state index is 13.2. The van der Waals surface area contributed by atoms with Gasteiger partial charge in [-0.3, -0.25) is 0 Å². The average molecular weight is 434 g/mol. The molecule has 0 saturated carbocycles. The second-order valence-electron chi connectivity index (χ2n) is 9.17. The predicted molar refractivity (Wildman–Crippen MR) is 117 cm³/mol. The molecule has 1 heterocycles. The van der Waals surface area contributed by atoms with Crippen LogP contribution in [-0.2, 0) is 40.3 Å². The molecule has 0 saturated heterocycles. The van der Waals surface area contributed by atoms with E-state index in [0.717, 1.165) is 44.2 Å². The minimum atomic E-state index is -3.49. The molecule has 4 N–H and O–H groups in total. The van der Waals surface area contributed by atoms with E-state index in [-0.39, 0.29) is 0 Å². The van der Waals surface area contributed by atoms with Gasteiger partial charge in [-0.25, -0.2) is 14.1 Å². The van der Waals surface area contributed by atoms with Gasteiger partial charge in [-0.05, 0) is 81.5 Å². The lowest BCUT2D eigenvalue weighted by Gasteiger charge is -2.24. The van der Waals surface area contributed by atoms with E-state index in [9.17, 15) is 14.1 Å². The summed E-state index contributed by atoms with van der Waals surface area (Å²) in [7, 11) is -3.49. The molecule has 4 rings (SSSR count). The molecule has 0 aromatic heterocycles. The van der Waals surface area contributed by atoms with E-state index in [1.165, 1.54) is 22.3 Å². The lowest BCUT2D eigenvalue weighted by Crippen LogP contribution is -2.36. The molecule has 3 unspecified atom stereocenters. The van der Waals surface area contributed by atoms with Gasteiger partial charge in [-0.1, -0.05) is 13.0 Å². The van der Waals surface area contributed by atoms with Crippen LogP contribution < -0.4 is 10.5 Å². The maximum absolute atomic E-state index is 13.2. The number of nitrogens with two attached hydrogens (primary N) is 1. The smallest absolute Gasteiger partial charge is 0.354 e. The minimum Gasteiger partial charge on any atom is -0.479 e. The number of nitrogens with zero attached hydrogens (tertiary/aromatic N) is 1. The molecule has 0 bridgehead atoms. The number of allylic oxidation sites excluding steroid dienone is 1. The summed E-state index contributed by atoms with van der Waals surface area (Å²) in [6.07, 6.45) is 6.05. The number of ether oxygens (including phenoxy) is 1. The Morgan fingerprint density at radius 1 is 1.23 bits per heavy atom. The second kappa shape index (κ2) is 7.35. The molecule has 164 valence electrons. The number of fused-ring (bicyclic) bond motifs is 2. The average Bonchev–Trinajstić information content (AvgIpc) is 3.31. The molecule has 2 amide bonds. The summed E-state index contributed by atoms with van der Waals surface area (Å²) in [5.41, 5.74) is 4.28. The van der Waals surface area contributed by atoms with Crippen molar-refractivity contribution in [2.24, 2.45) is 15.4 Å². The van der Waals surface area contributed by atoms with Crippen molar-refractivity contribution in [3.8, 4) is 0 Å². The lowest BCUT2D eigenvalue weighted by atomic mass is 9.88. The van der Waals surface area contributed by atoms with E-state index in [1.807, 2.05) is 0 Å². The summed E-state index contributed by atoms with van der Waals surface area (Å²) in [6, 6.07) is 1.58. The van der Waals surface area contributed by atoms with E-state index in [0.29, 0.717) is 11.3 Å². The van der Waals surface area contributed by atoms with Crippen LogP contribution in [0.15, 0.2) is 21.8 Å².